The van der Waals surface area contributed by atoms with Gasteiger partial charge in [-0.05, 0) is 24.3 Å². The number of aromatic nitrogens is 2. The molecule has 20 heavy (non-hydrogen) atoms. The molecular formula is C17H12N2O. The van der Waals surface area contributed by atoms with Crippen molar-refractivity contribution >= 4 is 5.52 Å². The number of furan rings is 1. The van der Waals surface area contributed by atoms with E-state index < -0.39 is 0 Å². The van der Waals surface area contributed by atoms with Crippen molar-refractivity contribution in [1.82, 2.24) is 9.38 Å². The van der Waals surface area contributed by atoms with Crippen molar-refractivity contribution in [3.8, 4) is 22.8 Å². The van der Waals surface area contributed by atoms with Gasteiger partial charge >= 0.3 is 0 Å². The summed E-state index contributed by atoms with van der Waals surface area (Å²) in [5, 5.41) is 0. The van der Waals surface area contributed by atoms with Gasteiger partial charge in [-0.2, -0.15) is 0 Å². The van der Waals surface area contributed by atoms with Crippen LogP contribution in [0.5, 0.6) is 0 Å². The van der Waals surface area contributed by atoms with E-state index in [2.05, 4.69) is 22.6 Å². The van der Waals surface area contributed by atoms with E-state index >= 15 is 0 Å². The fourth-order valence-electron chi connectivity index (χ4n) is 2.42. The Hall–Kier alpha value is -2.81. The standard InChI is InChI=1S/C17H12N2O/c1-2-7-13(8-3-1)17-18-16(15-10-6-12-20-15)14-9-4-5-11-19(14)17/h1-12H. The van der Waals surface area contributed by atoms with Crippen molar-refractivity contribution in [2.45, 2.75) is 0 Å². The van der Waals surface area contributed by atoms with Crippen LogP contribution in [0, 0.1) is 0 Å². The SMILES string of the molecule is c1ccc(-c2nc(-c3ccco3)c3ccccn23)cc1. The highest BCUT2D eigenvalue weighted by atomic mass is 16.3. The maximum absolute atomic E-state index is 5.50. The lowest BCUT2D eigenvalue weighted by Crippen LogP contribution is -1.87. The van der Waals surface area contributed by atoms with Gasteiger partial charge in [-0.25, -0.2) is 4.98 Å². The second-order valence-electron chi connectivity index (χ2n) is 4.58. The average molecular weight is 260 g/mol. The Balaban J connectivity index is 2.04. The Morgan fingerprint density at radius 2 is 1.70 bits per heavy atom. The molecule has 0 atom stereocenters. The smallest absolute Gasteiger partial charge is 0.154 e. The lowest BCUT2D eigenvalue weighted by atomic mass is 10.2. The van der Waals surface area contributed by atoms with E-state index in [0.717, 1.165) is 28.4 Å². The van der Waals surface area contributed by atoms with E-state index in [4.69, 9.17) is 9.40 Å². The number of pyridine rings is 1. The van der Waals surface area contributed by atoms with Crippen molar-refractivity contribution in [2.75, 3.05) is 0 Å². The zero-order valence-electron chi connectivity index (χ0n) is 10.7. The number of rotatable bonds is 2. The Labute approximate surface area is 116 Å². The Kier molecular flexibility index (Phi) is 2.42. The molecule has 0 N–H and O–H groups in total. The van der Waals surface area contributed by atoms with Gasteiger partial charge in [-0.15, -0.1) is 0 Å². The zero-order chi connectivity index (χ0) is 13.4. The Morgan fingerprint density at radius 3 is 2.50 bits per heavy atom. The van der Waals surface area contributed by atoms with Gasteiger partial charge in [0.15, 0.2) is 5.76 Å². The molecule has 0 aliphatic carbocycles. The van der Waals surface area contributed by atoms with Crippen molar-refractivity contribution in [1.29, 1.82) is 0 Å². The molecular weight excluding hydrogens is 248 g/mol. The van der Waals surface area contributed by atoms with E-state index in [0.29, 0.717) is 0 Å². The molecule has 96 valence electrons. The van der Waals surface area contributed by atoms with Crippen molar-refractivity contribution in [2.24, 2.45) is 0 Å². The van der Waals surface area contributed by atoms with Crippen molar-refractivity contribution in [3.63, 3.8) is 0 Å². The molecule has 4 aromatic rings. The van der Waals surface area contributed by atoms with Crippen LogP contribution >= 0.6 is 0 Å². The monoisotopic (exact) mass is 260 g/mol. The van der Waals surface area contributed by atoms with Gasteiger partial charge in [-0.3, -0.25) is 4.40 Å². The second kappa shape index (κ2) is 4.38. The first kappa shape index (κ1) is 11.1. The number of hydrogen-bond donors (Lipinski definition) is 0. The number of nitrogens with zero attached hydrogens (tertiary/aromatic N) is 2. The zero-order valence-corrected chi connectivity index (χ0v) is 10.7. The van der Waals surface area contributed by atoms with Gasteiger partial charge < -0.3 is 4.42 Å². The normalized spacial score (nSPS) is 11.0. The van der Waals surface area contributed by atoms with Crippen LogP contribution in [0.2, 0.25) is 0 Å². The fraction of sp³-hybridized carbons (Fsp3) is 0. The van der Waals surface area contributed by atoms with E-state index in [1.165, 1.54) is 0 Å². The van der Waals surface area contributed by atoms with E-state index in [-0.39, 0.29) is 0 Å². The van der Waals surface area contributed by atoms with Gasteiger partial charge in [0.2, 0.25) is 0 Å². The summed E-state index contributed by atoms with van der Waals surface area (Å²) in [4.78, 5) is 4.77. The third kappa shape index (κ3) is 1.64. The van der Waals surface area contributed by atoms with Crippen molar-refractivity contribution in [3.05, 3.63) is 73.1 Å². The van der Waals surface area contributed by atoms with E-state index in [1.54, 1.807) is 6.26 Å². The first-order chi connectivity index (χ1) is 9.93. The van der Waals surface area contributed by atoms with Crippen LogP contribution in [-0.2, 0) is 0 Å². The predicted octanol–water partition coefficient (Wildman–Crippen LogP) is 4.26. The summed E-state index contributed by atoms with van der Waals surface area (Å²) < 4.78 is 7.59. The van der Waals surface area contributed by atoms with Crippen LogP contribution in [0.15, 0.2) is 77.5 Å². The van der Waals surface area contributed by atoms with Gasteiger partial charge in [0.25, 0.3) is 0 Å². The van der Waals surface area contributed by atoms with Gasteiger partial charge in [-0.1, -0.05) is 36.4 Å². The van der Waals surface area contributed by atoms with Crippen LogP contribution in [0.4, 0.5) is 0 Å². The maximum atomic E-state index is 5.50. The summed E-state index contributed by atoms with van der Waals surface area (Å²) in [5.41, 5.74) is 3.00. The predicted molar refractivity (Wildman–Crippen MR) is 78.3 cm³/mol. The molecule has 0 fully saturated rings. The highest BCUT2D eigenvalue weighted by molar-refractivity contribution is 5.78. The summed E-state index contributed by atoms with van der Waals surface area (Å²) in [5.74, 6) is 1.71. The highest BCUT2D eigenvalue weighted by Crippen LogP contribution is 2.29. The molecule has 0 saturated heterocycles. The minimum Gasteiger partial charge on any atom is -0.463 e. The third-order valence-corrected chi connectivity index (χ3v) is 3.33. The molecule has 0 amide bonds. The second-order valence-corrected chi connectivity index (χ2v) is 4.58. The topological polar surface area (TPSA) is 30.4 Å². The summed E-state index contributed by atoms with van der Waals surface area (Å²) in [7, 11) is 0. The fourth-order valence-corrected chi connectivity index (χ4v) is 2.42. The molecule has 3 heterocycles. The van der Waals surface area contributed by atoms with Gasteiger partial charge in [0, 0.05) is 11.8 Å². The number of benzene rings is 1. The number of hydrogen-bond acceptors (Lipinski definition) is 2. The highest BCUT2D eigenvalue weighted by Gasteiger charge is 2.14. The largest absolute Gasteiger partial charge is 0.463 e. The molecule has 0 aliphatic rings. The minimum absolute atomic E-state index is 0.788. The molecule has 0 radical (unpaired) electrons. The molecule has 3 nitrogen and oxygen atoms in total. The van der Waals surface area contributed by atoms with Crippen LogP contribution in [0.3, 0.4) is 0 Å². The van der Waals surface area contributed by atoms with E-state index in [9.17, 15) is 0 Å². The molecule has 0 bridgehead atoms. The van der Waals surface area contributed by atoms with Crippen LogP contribution in [-0.4, -0.2) is 9.38 Å². The molecule has 4 rings (SSSR count). The van der Waals surface area contributed by atoms with Crippen LogP contribution in [0.1, 0.15) is 0 Å². The number of fused-ring (bicyclic) bond motifs is 1. The Morgan fingerprint density at radius 1 is 0.850 bits per heavy atom. The average Bonchev–Trinajstić information content (AvgIpc) is 3.15. The lowest BCUT2D eigenvalue weighted by molar-refractivity contribution is 0.581. The first-order valence-corrected chi connectivity index (χ1v) is 6.50. The molecule has 3 aromatic heterocycles. The summed E-state index contributed by atoms with van der Waals surface area (Å²) in [6.45, 7) is 0. The third-order valence-electron chi connectivity index (χ3n) is 3.33. The van der Waals surface area contributed by atoms with Gasteiger partial charge in [0.05, 0.1) is 11.8 Å². The number of imidazole rings is 1. The molecule has 0 spiro atoms. The molecule has 0 saturated carbocycles. The molecule has 3 heteroatoms. The summed E-state index contributed by atoms with van der Waals surface area (Å²) >= 11 is 0. The summed E-state index contributed by atoms with van der Waals surface area (Å²) in [6.07, 6.45) is 3.70. The minimum atomic E-state index is 0.788. The molecule has 0 aliphatic heterocycles. The Bertz CT molecular complexity index is 845. The van der Waals surface area contributed by atoms with Crippen LogP contribution < -0.4 is 0 Å². The van der Waals surface area contributed by atoms with E-state index in [1.807, 2.05) is 48.7 Å². The molecule has 1 aromatic carbocycles. The van der Waals surface area contributed by atoms with Gasteiger partial charge in [0.1, 0.15) is 11.5 Å². The maximum Gasteiger partial charge on any atom is 0.154 e. The van der Waals surface area contributed by atoms with Crippen LogP contribution in [0.25, 0.3) is 28.4 Å². The lowest BCUT2D eigenvalue weighted by Gasteiger charge is -1.99. The quantitative estimate of drug-likeness (QED) is 0.539. The molecule has 0 unspecified atom stereocenters. The first-order valence-electron chi connectivity index (χ1n) is 6.50. The van der Waals surface area contributed by atoms with Crippen molar-refractivity contribution < 1.29 is 4.42 Å². The summed E-state index contributed by atoms with van der Waals surface area (Å²) in [6, 6.07) is 20.1.